The minimum Gasteiger partial charge on any atom is -0.393 e. The number of allylic oxidation sites excluding steroid dienone is 2. The summed E-state index contributed by atoms with van der Waals surface area (Å²) in [6.07, 6.45) is 11.2. The van der Waals surface area contributed by atoms with Crippen LogP contribution in [0.25, 0.3) is 28.2 Å². The van der Waals surface area contributed by atoms with Crippen LogP contribution >= 0.6 is 0 Å². The van der Waals surface area contributed by atoms with Crippen LogP contribution in [0, 0.1) is 0 Å². The molecule has 0 bridgehead atoms. The van der Waals surface area contributed by atoms with Crippen LogP contribution in [0.3, 0.4) is 0 Å². The van der Waals surface area contributed by atoms with Crippen molar-refractivity contribution in [2.45, 2.75) is 38.7 Å². The number of hydrogen-bond donors (Lipinski definition) is 1. The summed E-state index contributed by atoms with van der Waals surface area (Å²) < 4.78 is 0. The number of rotatable bonds is 8. The fourth-order valence-corrected chi connectivity index (χ4v) is 3.02. The normalized spacial score (nSPS) is 12.5. The Kier molecular flexibility index (Phi) is 6.50. The second-order valence-corrected chi connectivity index (χ2v) is 6.87. The molecular weight excluding hydrogens is 332 g/mol. The molecule has 27 heavy (non-hydrogen) atoms. The number of aliphatic hydroxyl groups is 1. The topological polar surface area (TPSA) is 46.0 Å². The smallest absolute Gasteiger partial charge is 0.0894 e. The Morgan fingerprint density at radius 1 is 1.07 bits per heavy atom. The van der Waals surface area contributed by atoms with Crippen LogP contribution in [0.2, 0.25) is 0 Å². The lowest BCUT2D eigenvalue weighted by molar-refractivity contribution is 0.182. The fraction of sp³-hybridized carbons (Fsp3) is 0.250. The van der Waals surface area contributed by atoms with E-state index in [-0.39, 0.29) is 6.10 Å². The first-order valence-electron chi connectivity index (χ1n) is 9.47. The molecule has 2 aromatic carbocycles. The van der Waals surface area contributed by atoms with Crippen molar-refractivity contribution in [3.05, 3.63) is 78.6 Å². The van der Waals surface area contributed by atoms with Gasteiger partial charge in [0.15, 0.2) is 0 Å². The predicted octanol–water partition coefficient (Wildman–Crippen LogP) is 5.59. The lowest BCUT2D eigenvalue weighted by Crippen LogP contribution is -1.97. The standard InChI is InChI=1S/C24H26N2O/c1-3-7-19-10-12-20(13-11-19)21-14-15-23-24(16-21)25-17-22(26-23)9-6-4-5-8-18(2)27/h3,6,9-18,27H,1,4-5,7-8H2,2H3. The molecule has 0 saturated heterocycles. The number of unbranched alkanes of at least 4 members (excludes halogenated alkanes) is 1. The molecule has 0 fully saturated rings. The van der Waals surface area contributed by atoms with Gasteiger partial charge in [-0.05, 0) is 67.5 Å². The van der Waals surface area contributed by atoms with E-state index in [9.17, 15) is 5.11 Å². The lowest BCUT2D eigenvalue weighted by Gasteiger charge is -2.05. The van der Waals surface area contributed by atoms with Crippen molar-refractivity contribution in [3.63, 3.8) is 0 Å². The van der Waals surface area contributed by atoms with Crippen LogP contribution in [-0.4, -0.2) is 21.2 Å². The van der Waals surface area contributed by atoms with Crippen molar-refractivity contribution in [1.82, 2.24) is 9.97 Å². The third kappa shape index (κ3) is 5.35. The van der Waals surface area contributed by atoms with Crippen molar-refractivity contribution in [2.75, 3.05) is 0 Å². The Morgan fingerprint density at radius 2 is 1.85 bits per heavy atom. The van der Waals surface area contributed by atoms with Crippen LogP contribution in [0.15, 0.2) is 67.4 Å². The molecule has 0 aliphatic rings. The van der Waals surface area contributed by atoms with Crippen LogP contribution in [0.5, 0.6) is 0 Å². The van der Waals surface area contributed by atoms with E-state index in [0.29, 0.717) is 0 Å². The number of hydrogen-bond acceptors (Lipinski definition) is 3. The Morgan fingerprint density at radius 3 is 2.59 bits per heavy atom. The third-order valence-electron chi connectivity index (χ3n) is 4.51. The first-order chi connectivity index (χ1) is 13.2. The minimum absolute atomic E-state index is 0.230. The minimum atomic E-state index is -0.230. The predicted molar refractivity (Wildman–Crippen MR) is 113 cm³/mol. The highest BCUT2D eigenvalue weighted by atomic mass is 16.3. The number of aliphatic hydroxyl groups excluding tert-OH is 1. The first-order valence-corrected chi connectivity index (χ1v) is 9.47. The maximum Gasteiger partial charge on any atom is 0.0894 e. The maximum atomic E-state index is 9.28. The Hall–Kier alpha value is -2.78. The molecule has 0 spiro atoms. The highest BCUT2D eigenvalue weighted by Gasteiger charge is 2.03. The number of aromatic nitrogens is 2. The largest absolute Gasteiger partial charge is 0.393 e. The van der Waals surface area contributed by atoms with Gasteiger partial charge in [0.25, 0.3) is 0 Å². The molecule has 3 nitrogen and oxygen atoms in total. The molecule has 3 aromatic rings. The molecule has 138 valence electrons. The van der Waals surface area contributed by atoms with Gasteiger partial charge in [-0.25, -0.2) is 4.98 Å². The van der Waals surface area contributed by atoms with Gasteiger partial charge in [-0.2, -0.15) is 0 Å². The lowest BCUT2D eigenvalue weighted by atomic mass is 10.0. The fourth-order valence-electron chi connectivity index (χ4n) is 3.02. The van der Waals surface area contributed by atoms with Crippen LogP contribution in [0.4, 0.5) is 0 Å². The molecule has 1 atom stereocenters. The summed E-state index contributed by atoms with van der Waals surface area (Å²) in [4.78, 5) is 9.25. The van der Waals surface area contributed by atoms with E-state index in [2.05, 4.69) is 59.0 Å². The third-order valence-corrected chi connectivity index (χ3v) is 4.51. The summed E-state index contributed by atoms with van der Waals surface area (Å²) in [5.74, 6) is 0. The molecule has 3 heteroatoms. The zero-order valence-electron chi connectivity index (χ0n) is 15.8. The molecule has 0 radical (unpaired) electrons. The molecule has 0 amide bonds. The van der Waals surface area contributed by atoms with Gasteiger partial charge in [-0.3, -0.25) is 4.98 Å². The van der Waals surface area contributed by atoms with Gasteiger partial charge < -0.3 is 5.11 Å². The van der Waals surface area contributed by atoms with Crippen molar-refractivity contribution in [2.24, 2.45) is 0 Å². The van der Waals surface area contributed by atoms with E-state index < -0.39 is 0 Å². The van der Waals surface area contributed by atoms with Gasteiger partial charge in [0.1, 0.15) is 0 Å². The van der Waals surface area contributed by atoms with Crippen LogP contribution in [0.1, 0.15) is 37.4 Å². The van der Waals surface area contributed by atoms with Gasteiger partial charge >= 0.3 is 0 Å². The monoisotopic (exact) mass is 358 g/mol. The number of fused-ring (bicyclic) bond motifs is 1. The molecule has 1 N–H and O–H groups in total. The average Bonchev–Trinajstić information content (AvgIpc) is 2.68. The summed E-state index contributed by atoms with van der Waals surface area (Å²) in [6.45, 7) is 5.60. The number of nitrogens with zero attached hydrogens (tertiary/aromatic N) is 2. The summed E-state index contributed by atoms with van der Waals surface area (Å²) >= 11 is 0. The Balaban J connectivity index is 1.73. The molecule has 1 unspecified atom stereocenters. The van der Waals surface area contributed by atoms with Crippen molar-refractivity contribution in [1.29, 1.82) is 0 Å². The highest BCUT2D eigenvalue weighted by Crippen LogP contribution is 2.23. The summed E-state index contributed by atoms with van der Waals surface area (Å²) in [6, 6.07) is 14.8. The second-order valence-electron chi connectivity index (χ2n) is 6.87. The van der Waals surface area contributed by atoms with E-state index in [1.807, 2.05) is 31.3 Å². The highest BCUT2D eigenvalue weighted by molar-refractivity contribution is 5.81. The van der Waals surface area contributed by atoms with Crippen molar-refractivity contribution >= 4 is 17.1 Å². The van der Waals surface area contributed by atoms with Gasteiger partial charge in [-0.15, -0.1) is 6.58 Å². The quantitative estimate of drug-likeness (QED) is 0.422. The molecule has 0 saturated carbocycles. The Bertz CT molecular complexity index is 927. The van der Waals surface area contributed by atoms with E-state index in [0.717, 1.165) is 48.0 Å². The molecule has 0 aliphatic carbocycles. The van der Waals surface area contributed by atoms with E-state index in [4.69, 9.17) is 0 Å². The van der Waals surface area contributed by atoms with E-state index in [1.54, 1.807) is 0 Å². The first kappa shape index (κ1) is 19.0. The maximum absolute atomic E-state index is 9.28. The molecule has 1 aromatic heterocycles. The van der Waals surface area contributed by atoms with Crippen LogP contribution in [-0.2, 0) is 6.42 Å². The molecule has 1 heterocycles. The SMILES string of the molecule is C=CCc1ccc(-c2ccc3nc(C=CCCCC(C)O)cnc3c2)cc1. The van der Waals surface area contributed by atoms with Gasteiger partial charge in [0.05, 0.1) is 29.0 Å². The zero-order valence-corrected chi connectivity index (χ0v) is 15.8. The number of benzene rings is 2. The zero-order chi connectivity index (χ0) is 19.1. The van der Waals surface area contributed by atoms with Crippen LogP contribution < -0.4 is 0 Å². The molecule has 3 rings (SSSR count). The van der Waals surface area contributed by atoms with Crippen molar-refractivity contribution in [3.8, 4) is 11.1 Å². The van der Waals surface area contributed by atoms with E-state index in [1.165, 1.54) is 11.1 Å². The summed E-state index contributed by atoms with van der Waals surface area (Å²) in [5.41, 5.74) is 6.24. The van der Waals surface area contributed by atoms with Gasteiger partial charge in [-0.1, -0.05) is 42.5 Å². The second kappa shape index (κ2) is 9.24. The summed E-state index contributed by atoms with van der Waals surface area (Å²) in [7, 11) is 0. The summed E-state index contributed by atoms with van der Waals surface area (Å²) in [5, 5.41) is 9.28. The molecule has 0 aliphatic heterocycles. The van der Waals surface area contributed by atoms with Crippen molar-refractivity contribution < 1.29 is 5.11 Å². The van der Waals surface area contributed by atoms with Gasteiger partial charge in [0.2, 0.25) is 0 Å². The average molecular weight is 358 g/mol. The van der Waals surface area contributed by atoms with E-state index >= 15 is 0 Å². The Labute approximate surface area is 161 Å². The van der Waals surface area contributed by atoms with Gasteiger partial charge in [0, 0.05) is 0 Å². The molecular formula is C24H26N2O.